The Morgan fingerprint density at radius 1 is 1.30 bits per heavy atom. The SMILES string of the molecule is CC(=O)Nc1ccccc1CNC(CCO)C(C)(C)C. The molecule has 1 aromatic carbocycles. The van der Waals surface area contributed by atoms with Crippen LogP contribution in [0.15, 0.2) is 24.3 Å². The number of aliphatic hydroxyl groups excluding tert-OH is 1. The van der Waals surface area contributed by atoms with Gasteiger partial charge in [-0.25, -0.2) is 0 Å². The van der Waals surface area contributed by atoms with E-state index >= 15 is 0 Å². The summed E-state index contributed by atoms with van der Waals surface area (Å²) < 4.78 is 0. The molecule has 0 heterocycles. The minimum atomic E-state index is -0.0693. The van der Waals surface area contributed by atoms with Crippen molar-refractivity contribution in [1.29, 1.82) is 0 Å². The number of carbonyl (C=O) groups excluding carboxylic acids is 1. The number of anilines is 1. The van der Waals surface area contributed by atoms with E-state index in [0.29, 0.717) is 13.0 Å². The molecule has 0 aliphatic heterocycles. The topological polar surface area (TPSA) is 61.4 Å². The number of carbonyl (C=O) groups is 1. The van der Waals surface area contributed by atoms with Crippen molar-refractivity contribution in [3.05, 3.63) is 29.8 Å². The molecule has 0 fully saturated rings. The van der Waals surface area contributed by atoms with Crippen molar-refractivity contribution in [2.75, 3.05) is 11.9 Å². The molecule has 0 saturated carbocycles. The van der Waals surface area contributed by atoms with Gasteiger partial charge in [-0.3, -0.25) is 4.79 Å². The molecule has 0 radical (unpaired) electrons. The molecule has 4 heteroatoms. The fourth-order valence-corrected chi connectivity index (χ4v) is 2.19. The third-order valence-electron chi connectivity index (χ3n) is 3.33. The lowest BCUT2D eigenvalue weighted by Crippen LogP contribution is -2.40. The van der Waals surface area contributed by atoms with Gasteiger partial charge in [0.25, 0.3) is 0 Å². The second-order valence-electron chi connectivity index (χ2n) is 6.15. The molecule has 0 aromatic heterocycles. The first kappa shape index (κ1) is 16.7. The minimum Gasteiger partial charge on any atom is -0.396 e. The van der Waals surface area contributed by atoms with Crippen LogP contribution in [0.5, 0.6) is 0 Å². The number of amides is 1. The maximum atomic E-state index is 11.2. The summed E-state index contributed by atoms with van der Waals surface area (Å²) in [5, 5.41) is 15.5. The van der Waals surface area contributed by atoms with Gasteiger partial charge in [-0.05, 0) is 23.5 Å². The van der Waals surface area contributed by atoms with E-state index in [2.05, 4.69) is 31.4 Å². The van der Waals surface area contributed by atoms with E-state index in [0.717, 1.165) is 11.3 Å². The predicted molar refractivity (Wildman–Crippen MR) is 82.5 cm³/mol. The van der Waals surface area contributed by atoms with Gasteiger partial charge in [0.2, 0.25) is 5.91 Å². The molecule has 0 aliphatic rings. The average molecular weight is 278 g/mol. The average Bonchev–Trinajstić information content (AvgIpc) is 2.34. The van der Waals surface area contributed by atoms with Gasteiger partial charge in [-0.15, -0.1) is 0 Å². The highest BCUT2D eigenvalue weighted by molar-refractivity contribution is 5.89. The van der Waals surface area contributed by atoms with E-state index in [1.54, 1.807) is 0 Å². The van der Waals surface area contributed by atoms with Crippen molar-refractivity contribution in [1.82, 2.24) is 5.32 Å². The fourth-order valence-electron chi connectivity index (χ4n) is 2.19. The van der Waals surface area contributed by atoms with Crippen LogP contribution in [0.1, 0.15) is 39.7 Å². The Bertz CT molecular complexity index is 438. The number of para-hydroxylation sites is 1. The molecule has 0 bridgehead atoms. The van der Waals surface area contributed by atoms with Crippen LogP contribution in [0, 0.1) is 5.41 Å². The fraction of sp³-hybridized carbons (Fsp3) is 0.562. The summed E-state index contributed by atoms with van der Waals surface area (Å²) in [4.78, 5) is 11.2. The van der Waals surface area contributed by atoms with E-state index in [1.807, 2.05) is 24.3 Å². The standard InChI is InChI=1S/C16H26N2O2/c1-12(20)18-14-8-6-5-7-13(14)11-17-15(9-10-19)16(2,3)4/h5-8,15,17,19H,9-11H2,1-4H3,(H,18,20). The zero-order chi connectivity index (χ0) is 15.2. The van der Waals surface area contributed by atoms with Crippen LogP contribution in [-0.2, 0) is 11.3 Å². The molecule has 0 aliphatic carbocycles. The number of rotatable bonds is 6. The highest BCUT2D eigenvalue weighted by Crippen LogP contribution is 2.23. The second-order valence-corrected chi connectivity index (χ2v) is 6.15. The van der Waals surface area contributed by atoms with Gasteiger partial charge in [-0.1, -0.05) is 39.0 Å². The van der Waals surface area contributed by atoms with Gasteiger partial charge in [0, 0.05) is 31.8 Å². The lowest BCUT2D eigenvalue weighted by molar-refractivity contribution is -0.114. The summed E-state index contributed by atoms with van der Waals surface area (Å²) in [5.74, 6) is -0.0693. The van der Waals surface area contributed by atoms with Gasteiger partial charge in [-0.2, -0.15) is 0 Å². The first-order chi connectivity index (χ1) is 9.34. The smallest absolute Gasteiger partial charge is 0.221 e. The minimum absolute atomic E-state index is 0.0693. The van der Waals surface area contributed by atoms with Crippen molar-refractivity contribution in [3.8, 4) is 0 Å². The van der Waals surface area contributed by atoms with E-state index in [-0.39, 0.29) is 24.0 Å². The zero-order valence-corrected chi connectivity index (χ0v) is 12.9. The molecule has 20 heavy (non-hydrogen) atoms. The molecule has 3 N–H and O–H groups in total. The van der Waals surface area contributed by atoms with Crippen molar-refractivity contribution in [2.45, 2.75) is 46.7 Å². The molecular formula is C16H26N2O2. The van der Waals surface area contributed by atoms with E-state index < -0.39 is 0 Å². The number of hydrogen-bond acceptors (Lipinski definition) is 3. The number of hydrogen-bond donors (Lipinski definition) is 3. The molecule has 1 unspecified atom stereocenters. The van der Waals surface area contributed by atoms with Crippen LogP contribution >= 0.6 is 0 Å². The molecule has 112 valence electrons. The molecule has 1 aromatic rings. The monoisotopic (exact) mass is 278 g/mol. The molecule has 1 atom stereocenters. The van der Waals surface area contributed by atoms with Crippen molar-refractivity contribution in [2.24, 2.45) is 5.41 Å². The van der Waals surface area contributed by atoms with Gasteiger partial charge in [0.15, 0.2) is 0 Å². The van der Waals surface area contributed by atoms with Crippen molar-refractivity contribution >= 4 is 11.6 Å². The predicted octanol–water partition coefficient (Wildman–Crippen LogP) is 2.53. The summed E-state index contributed by atoms with van der Waals surface area (Å²) in [6.45, 7) is 8.80. The first-order valence-corrected chi connectivity index (χ1v) is 7.04. The lowest BCUT2D eigenvalue weighted by atomic mass is 9.85. The highest BCUT2D eigenvalue weighted by atomic mass is 16.3. The molecule has 0 spiro atoms. The number of benzene rings is 1. The lowest BCUT2D eigenvalue weighted by Gasteiger charge is -2.31. The summed E-state index contributed by atoms with van der Waals surface area (Å²) >= 11 is 0. The maximum Gasteiger partial charge on any atom is 0.221 e. The third-order valence-corrected chi connectivity index (χ3v) is 3.33. The Kier molecular flexibility index (Phi) is 6.17. The van der Waals surface area contributed by atoms with Gasteiger partial charge in [0.1, 0.15) is 0 Å². The first-order valence-electron chi connectivity index (χ1n) is 7.04. The van der Waals surface area contributed by atoms with E-state index in [9.17, 15) is 9.90 Å². The van der Waals surface area contributed by atoms with Crippen LogP contribution in [0.25, 0.3) is 0 Å². The van der Waals surface area contributed by atoms with Crippen molar-refractivity contribution in [3.63, 3.8) is 0 Å². The van der Waals surface area contributed by atoms with E-state index in [4.69, 9.17) is 0 Å². The van der Waals surface area contributed by atoms with Crippen LogP contribution < -0.4 is 10.6 Å². The normalized spacial score (nSPS) is 13.1. The molecule has 1 amide bonds. The molecule has 1 rings (SSSR count). The molecular weight excluding hydrogens is 252 g/mol. The van der Waals surface area contributed by atoms with Crippen LogP contribution in [-0.4, -0.2) is 23.7 Å². The summed E-state index contributed by atoms with van der Waals surface area (Å²) in [6, 6.07) is 7.98. The Balaban J connectivity index is 2.75. The van der Waals surface area contributed by atoms with Gasteiger partial charge in [0.05, 0.1) is 0 Å². The van der Waals surface area contributed by atoms with Gasteiger partial charge >= 0.3 is 0 Å². The molecule has 4 nitrogen and oxygen atoms in total. The Labute approximate surface area is 121 Å². The maximum absolute atomic E-state index is 11.2. The van der Waals surface area contributed by atoms with Gasteiger partial charge < -0.3 is 15.7 Å². The summed E-state index contributed by atoms with van der Waals surface area (Å²) in [6.07, 6.45) is 0.714. The largest absolute Gasteiger partial charge is 0.396 e. The van der Waals surface area contributed by atoms with E-state index in [1.165, 1.54) is 6.92 Å². The highest BCUT2D eigenvalue weighted by Gasteiger charge is 2.23. The number of aliphatic hydroxyl groups is 1. The van der Waals surface area contributed by atoms with Crippen LogP contribution in [0.3, 0.4) is 0 Å². The third kappa shape index (κ3) is 5.31. The Morgan fingerprint density at radius 2 is 1.95 bits per heavy atom. The summed E-state index contributed by atoms with van der Waals surface area (Å²) in [7, 11) is 0. The van der Waals surface area contributed by atoms with Crippen LogP contribution in [0.2, 0.25) is 0 Å². The van der Waals surface area contributed by atoms with Crippen molar-refractivity contribution < 1.29 is 9.90 Å². The zero-order valence-electron chi connectivity index (χ0n) is 12.9. The quantitative estimate of drug-likeness (QED) is 0.749. The summed E-state index contributed by atoms with van der Waals surface area (Å²) in [5.41, 5.74) is 1.96. The Hall–Kier alpha value is -1.39. The van der Waals surface area contributed by atoms with Crippen LogP contribution in [0.4, 0.5) is 5.69 Å². The number of nitrogens with one attached hydrogen (secondary N) is 2. The second kappa shape index (κ2) is 7.41. The molecule has 0 saturated heterocycles. The Morgan fingerprint density at radius 3 is 2.50 bits per heavy atom.